The predicted octanol–water partition coefficient (Wildman–Crippen LogP) is 2.55. The van der Waals surface area contributed by atoms with Crippen LogP contribution in [0.4, 0.5) is 0 Å². The number of hydrogen-bond acceptors (Lipinski definition) is 4. The van der Waals surface area contributed by atoms with E-state index in [4.69, 9.17) is 0 Å². The fourth-order valence-electron chi connectivity index (χ4n) is 3.83. The van der Waals surface area contributed by atoms with E-state index in [1.54, 1.807) is 11.3 Å². The standard InChI is InChI=1S/C20H31N3O2S/c1-22(2)12-9-21-19(24)15-7-8-17-16(13-15)14-18(26-17)20(25)23-10-5-3-4-6-11-23/h14-15H,3-13H2,1-2H3,(H,21,24). The highest BCUT2D eigenvalue weighted by Crippen LogP contribution is 2.33. The minimum atomic E-state index is 0.0420. The van der Waals surface area contributed by atoms with E-state index < -0.39 is 0 Å². The van der Waals surface area contributed by atoms with Crippen molar-refractivity contribution in [3.63, 3.8) is 0 Å². The van der Waals surface area contributed by atoms with Crippen LogP contribution in [-0.4, -0.2) is 61.9 Å². The lowest BCUT2D eigenvalue weighted by Gasteiger charge is -2.21. The molecule has 2 aliphatic rings. The van der Waals surface area contributed by atoms with Crippen LogP contribution in [0.25, 0.3) is 0 Å². The zero-order chi connectivity index (χ0) is 18.5. The SMILES string of the molecule is CN(C)CCNC(=O)C1CCc2sc(C(=O)N3CCCCCC3)cc2C1. The van der Waals surface area contributed by atoms with Crippen LogP contribution in [0, 0.1) is 5.92 Å². The Morgan fingerprint density at radius 2 is 1.96 bits per heavy atom. The molecule has 0 aromatic carbocycles. The van der Waals surface area contributed by atoms with E-state index in [1.165, 1.54) is 23.3 Å². The normalized spacial score (nSPS) is 20.6. The van der Waals surface area contributed by atoms with Gasteiger partial charge in [-0.1, -0.05) is 12.8 Å². The first-order valence-corrected chi connectivity index (χ1v) is 10.7. The van der Waals surface area contributed by atoms with Gasteiger partial charge in [-0.2, -0.15) is 0 Å². The highest BCUT2D eigenvalue weighted by atomic mass is 32.1. The highest BCUT2D eigenvalue weighted by Gasteiger charge is 2.28. The van der Waals surface area contributed by atoms with Crippen molar-refractivity contribution in [3.05, 3.63) is 21.4 Å². The number of nitrogens with one attached hydrogen (secondary N) is 1. The number of hydrogen-bond donors (Lipinski definition) is 1. The lowest BCUT2D eigenvalue weighted by molar-refractivity contribution is -0.125. The van der Waals surface area contributed by atoms with Gasteiger partial charge in [0.05, 0.1) is 4.88 Å². The molecule has 0 spiro atoms. The van der Waals surface area contributed by atoms with Gasteiger partial charge in [-0.15, -0.1) is 11.3 Å². The van der Waals surface area contributed by atoms with E-state index in [0.29, 0.717) is 6.54 Å². The summed E-state index contributed by atoms with van der Waals surface area (Å²) in [5.74, 6) is 0.391. The molecule has 1 aliphatic carbocycles. The molecule has 6 heteroatoms. The average Bonchev–Trinajstić information content (AvgIpc) is 2.85. The first kappa shape index (κ1) is 19.4. The van der Waals surface area contributed by atoms with Gasteiger partial charge in [-0.05, 0) is 57.8 Å². The summed E-state index contributed by atoms with van der Waals surface area (Å²) in [6.07, 6.45) is 7.27. The number of aryl methyl sites for hydroxylation is 1. The van der Waals surface area contributed by atoms with Gasteiger partial charge in [0, 0.05) is 37.0 Å². The Labute approximate surface area is 160 Å². The molecule has 2 heterocycles. The number of rotatable bonds is 5. The van der Waals surface area contributed by atoms with Crippen LogP contribution in [0.2, 0.25) is 0 Å². The van der Waals surface area contributed by atoms with Gasteiger partial charge in [-0.3, -0.25) is 9.59 Å². The monoisotopic (exact) mass is 377 g/mol. The Hall–Kier alpha value is -1.40. The van der Waals surface area contributed by atoms with Crippen molar-refractivity contribution in [2.75, 3.05) is 40.3 Å². The number of likely N-dealkylation sites (tertiary alicyclic amines) is 1. The van der Waals surface area contributed by atoms with E-state index in [0.717, 1.165) is 56.6 Å². The Bertz CT molecular complexity index is 633. The molecular weight excluding hydrogens is 346 g/mol. The van der Waals surface area contributed by atoms with E-state index in [2.05, 4.69) is 16.3 Å². The first-order valence-electron chi connectivity index (χ1n) is 9.88. The molecule has 1 aromatic heterocycles. The van der Waals surface area contributed by atoms with Crippen LogP contribution >= 0.6 is 11.3 Å². The number of carbonyl (C=O) groups is 2. The van der Waals surface area contributed by atoms with Crippen LogP contribution in [0.5, 0.6) is 0 Å². The van der Waals surface area contributed by atoms with Crippen LogP contribution < -0.4 is 5.32 Å². The van der Waals surface area contributed by atoms with Crippen LogP contribution in [-0.2, 0) is 17.6 Å². The van der Waals surface area contributed by atoms with Gasteiger partial charge >= 0.3 is 0 Å². The molecule has 3 rings (SSSR count). The maximum Gasteiger partial charge on any atom is 0.263 e. The van der Waals surface area contributed by atoms with E-state index in [-0.39, 0.29) is 17.7 Å². The zero-order valence-corrected chi connectivity index (χ0v) is 16.9. The average molecular weight is 378 g/mol. The summed E-state index contributed by atoms with van der Waals surface area (Å²) >= 11 is 1.65. The smallest absolute Gasteiger partial charge is 0.263 e. The minimum absolute atomic E-state index is 0.0420. The molecule has 1 unspecified atom stereocenters. The number of nitrogens with zero attached hydrogens (tertiary/aromatic N) is 2. The summed E-state index contributed by atoms with van der Waals surface area (Å²) in [6.45, 7) is 3.32. The van der Waals surface area contributed by atoms with Gasteiger partial charge in [0.15, 0.2) is 0 Å². The van der Waals surface area contributed by atoms with E-state index in [1.807, 2.05) is 19.0 Å². The molecule has 1 aromatic rings. The third kappa shape index (κ3) is 4.86. The van der Waals surface area contributed by atoms with Crippen molar-refractivity contribution in [3.8, 4) is 0 Å². The Kier molecular flexibility index (Phi) is 6.70. The number of amides is 2. The van der Waals surface area contributed by atoms with Crippen molar-refractivity contribution >= 4 is 23.2 Å². The maximum absolute atomic E-state index is 12.8. The summed E-state index contributed by atoms with van der Waals surface area (Å²) in [4.78, 5) is 31.5. The maximum atomic E-state index is 12.8. The topological polar surface area (TPSA) is 52.7 Å². The predicted molar refractivity (Wildman–Crippen MR) is 106 cm³/mol. The van der Waals surface area contributed by atoms with Crippen LogP contribution in [0.15, 0.2) is 6.07 Å². The second-order valence-electron chi connectivity index (χ2n) is 7.80. The summed E-state index contributed by atoms with van der Waals surface area (Å²) in [6, 6.07) is 2.06. The fraction of sp³-hybridized carbons (Fsp3) is 0.700. The number of thiophene rings is 1. The molecule has 0 saturated carbocycles. The molecule has 1 N–H and O–H groups in total. The molecule has 26 heavy (non-hydrogen) atoms. The van der Waals surface area contributed by atoms with Gasteiger partial charge < -0.3 is 15.1 Å². The zero-order valence-electron chi connectivity index (χ0n) is 16.1. The fourth-order valence-corrected chi connectivity index (χ4v) is 5.01. The molecule has 5 nitrogen and oxygen atoms in total. The summed E-state index contributed by atoms with van der Waals surface area (Å²) in [7, 11) is 4.01. The lowest BCUT2D eigenvalue weighted by atomic mass is 9.88. The quantitative estimate of drug-likeness (QED) is 0.858. The summed E-state index contributed by atoms with van der Waals surface area (Å²) in [5.41, 5.74) is 1.21. The molecule has 2 amide bonds. The van der Waals surface area contributed by atoms with Gasteiger partial charge in [0.2, 0.25) is 5.91 Å². The molecule has 0 radical (unpaired) electrons. The van der Waals surface area contributed by atoms with E-state index >= 15 is 0 Å². The van der Waals surface area contributed by atoms with Crippen molar-refractivity contribution in [1.82, 2.24) is 15.1 Å². The minimum Gasteiger partial charge on any atom is -0.355 e. The third-order valence-corrected chi connectivity index (χ3v) is 6.64. The number of fused-ring (bicyclic) bond motifs is 1. The Balaban J connectivity index is 1.59. The molecule has 0 bridgehead atoms. The second kappa shape index (κ2) is 9.00. The first-order chi connectivity index (χ1) is 12.5. The Morgan fingerprint density at radius 1 is 1.23 bits per heavy atom. The molecule has 1 fully saturated rings. The van der Waals surface area contributed by atoms with Crippen molar-refractivity contribution in [2.45, 2.75) is 44.9 Å². The van der Waals surface area contributed by atoms with E-state index in [9.17, 15) is 9.59 Å². The van der Waals surface area contributed by atoms with Gasteiger partial charge in [-0.25, -0.2) is 0 Å². The Morgan fingerprint density at radius 3 is 2.65 bits per heavy atom. The second-order valence-corrected chi connectivity index (χ2v) is 8.94. The lowest BCUT2D eigenvalue weighted by Crippen LogP contribution is -2.37. The summed E-state index contributed by atoms with van der Waals surface area (Å²) in [5, 5.41) is 3.05. The van der Waals surface area contributed by atoms with Gasteiger partial charge in [0.25, 0.3) is 5.91 Å². The van der Waals surface area contributed by atoms with Crippen molar-refractivity contribution in [2.24, 2.45) is 5.92 Å². The largest absolute Gasteiger partial charge is 0.355 e. The van der Waals surface area contributed by atoms with Crippen LogP contribution in [0.3, 0.4) is 0 Å². The highest BCUT2D eigenvalue weighted by molar-refractivity contribution is 7.14. The molecule has 1 aliphatic heterocycles. The molecule has 1 saturated heterocycles. The molecule has 144 valence electrons. The summed E-state index contributed by atoms with van der Waals surface area (Å²) < 4.78 is 0. The van der Waals surface area contributed by atoms with Crippen LogP contribution in [0.1, 0.15) is 52.2 Å². The third-order valence-electron chi connectivity index (χ3n) is 5.42. The molecular formula is C20H31N3O2S. The number of likely N-dealkylation sites (N-methyl/N-ethyl adjacent to an activating group) is 1. The van der Waals surface area contributed by atoms with Gasteiger partial charge in [0.1, 0.15) is 0 Å². The number of carbonyl (C=O) groups excluding carboxylic acids is 2. The van der Waals surface area contributed by atoms with Crippen molar-refractivity contribution < 1.29 is 9.59 Å². The van der Waals surface area contributed by atoms with Crippen molar-refractivity contribution in [1.29, 1.82) is 0 Å². The molecule has 1 atom stereocenters.